The molecule has 0 unspecified atom stereocenters. The predicted octanol–water partition coefficient (Wildman–Crippen LogP) is 7.68. The normalized spacial score (nSPS) is 13.1. The van der Waals surface area contributed by atoms with E-state index in [1.165, 1.54) is 24.3 Å². The van der Waals surface area contributed by atoms with Gasteiger partial charge in [-0.15, -0.1) is 0 Å². The average Bonchev–Trinajstić information content (AvgIpc) is 2.80. The molecule has 0 fully saturated rings. The lowest BCUT2D eigenvalue weighted by Gasteiger charge is -2.33. The number of hydrogen-bond donors (Lipinski definition) is 0. The molecule has 0 aromatic heterocycles. The van der Waals surface area contributed by atoms with Crippen LogP contribution in [-0.4, -0.2) is 6.11 Å². The number of hydrogen-bond acceptors (Lipinski definition) is 2. The Kier molecular flexibility index (Phi) is 5.04. The van der Waals surface area contributed by atoms with Gasteiger partial charge in [-0.25, -0.2) is 13.2 Å². The maximum atomic E-state index is 15.5. The fourth-order valence-electron chi connectivity index (χ4n) is 3.93. The lowest BCUT2D eigenvalue weighted by molar-refractivity contribution is -0.187. The Balaban J connectivity index is 1.47. The molecule has 5 rings (SSSR count). The van der Waals surface area contributed by atoms with Crippen molar-refractivity contribution in [3.8, 4) is 28.4 Å². The van der Waals surface area contributed by atoms with E-state index in [1.54, 1.807) is 48.5 Å². The number of rotatable bonds is 4. The summed E-state index contributed by atoms with van der Waals surface area (Å²) in [6.45, 7) is 0. The number of para-hydroxylation sites is 2. The van der Waals surface area contributed by atoms with Crippen molar-refractivity contribution in [2.75, 3.05) is 0 Å². The van der Waals surface area contributed by atoms with Gasteiger partial charge in [0.05, 0.1) is 0 Å². The van der Waals surface area contributed by atoms with Crippen LogP contribution in [0.4, 0.5) is 22.0 Å². The number of benzene rings is 4. The van der Waals surface area contributed by atoms with Gasteiger partial charge in [0.1, 0.15) is 23.2 Å². The van der Waals surface area contributed by atoms with Crippen LogP contribution in [-0.2, 0) is 0 Å². The smallest absolute Gasteiger partial charge is 0.409 e. The molecule has 0 spiro atoms. The van der Waals surface area contributed by atoms with E-state index in [0.717, 1.165) is 12.1 Å². The first-order chi connectivity index (χ1) is 15.8. The highest BCUT2D eigenvalue weighted by molar-refractivity contribution is 5.64. The van der Waals surface area contributed by atoms with Gasteiger partial charge in [0.25, 0.3) is 0 Å². The molecule has 4 aromatic rings. The number of alkyl halides is 2. The van der Waals surface area contributed by atoms with E-state index in [1.807, 2.05) is 0 Å². The monoisotopic (exact) mass is 454 g/mol. The second-order valence-electron chi connectivity index (χ2n) is 7.55. The molecular formula is C26H15F5O2. The Labute approximate surface area is 185 Å². The Morgan fingerprint density at radius 3 is 1.73 bits per heavy atom. The second kappa shape index (κ2) is 7.92. The molecule has 0 radical (unpaired) electrons. The van der Waals surface area contributed by atoms with Gasteiger partial charge >= 0.3 is 6.11 Å². The van der Waals surface area contributed by atoms with Gasteiger partial charge in [-0.1, -0.05) is 48.5 Å². The van der Waals surface area contributed by atoms with E-state index < -0.39 is 29.5 Å². The minimum atomic E-state index is -3.65. The van der Waals surface area contributed by atoms with Crippen molar-refractivity contribution >= 4 is 0 Å². The van der Waals surface area contributed by atoms with E-state index >= 15 is 8.78 Å². The minimum Gasteiger partial charge on any atom is -0.457 e. The van der Waals surface area contributed by atoms with Gasteiger partial charge < -0.3 is 9.47 Å². The predicted molar refractivity (Wildman–Crippen MR) is 112 cm³/mol. The van der Waals surface area contributed by atoms with Gasteiger partial charge in [-0.3, -0.25) is 0 Å². The van der Waals surface area contributed by atoms with E-state index in [9.17, 15) is 13.2 Å². The van der Waals surface area contributed by atoms with Crippen LogP contribution in [0.1, 0.15) is 17.0 Å². The summed E-state index contributed by atoms with van der Waals surface area (Å²) in [5, 5.41) is 0. The molecule has 1 heterocycles. The van der Waals surface area contributed by atoms with Crippen LogP contribution in [0.5, 0.6) is 17.2 Å². The zero-order chi connectivity index (χ0) is 23.2. The Morgan fingerprint density at radius 2 is 1.18 bits per heavy atom. The zero-order valence-electron chi connectivity index (χ0n) is 16.9. The summed E-state index contributed by atoms with van der Waals surface area (Å²) in [5.74, 6) is -5.18. The summed E-state index contributed by atoms with van der Waals surface area (Å²) in [7, 11) is 0. The minimum absolute atomic E-state index is 0.0667. The molecule has 166 valence electrons. The van der Waals surface area contributed by atoms with Crippen molar-refractivity contribution in [3.63, 3.8) is 0 Å². The Bertz CT molecular complexity index is 1270. The molecule has 0 aliphatic carbocycles. The summed E-state index contributed by atoms with van der Waals surface area (Å²) >= 11 is 0. The average molecular weight is 454 g/mol. The highest BCUT2D eigenvalue weighted by Gasteiger charge is 2.48. The van der Waals surface area contributed by atoms with E-state index in [2.05, 4.69) is 0 Å². The van der Waals surface area contributed by atoms with Gasteiger partial charge in [0.15, 0.2) is 17.5 Å². The largest absolute Gasteiger partial charge is 0.457 e. The number of fused-ring (bicyclic) bond motifs is 2. The van der Waals surface area contributed by atoms with Gasteiger partial charge in [0, 0.05) is 11.1 Å². The van der Waals surface area contributed by atoms with Crippen LogP contribution in [0.15, 0.2) is 84.9 Å². The molecule has 0 atom stereocenters. The first-order valence-electron chi connectivity index (χ1n) is 10.0. The van der Waals surface area contributed by atoms with Gasteiger partial charge in [0.2, 0.25) is 0 Å². The third kappa shape index (κ3) is 3.80. The molecule has 0 bridgehead atoms. The van der Waals surface area contributed by atoms with E-state index in [0.29, 0.717) is 17.1 Å². The SMILES string of the molecule is Fc1cc(-c2ccc(OC(F)(F)C3c4ccccc4Oc4ccccc43)cc2)cc(F)c1F. The Morgan fingerprint density at radius 1 is 0.667 bits per heavy atom. The van der Waals surface area contributed by atoms with Crippen LogP contribution in [0, 0.1) is 17.5 Å². The molecule has 2 nitrogen and oxygen atoms in total. The highest BCUT2D eigenvalue weighted by Crippen LogP contribution is 2.51. The Hall–Kier alpha value is -3.87. The molecule has 7 heteroatoms. The summed E-state index contributed by atoms with van der Waals surface area (Å²) in [4.78, 5) is 0. The number of halogens is 5. The maximum absolute atomic E-state index is 15.5. The second-order valence-corrected chi connectivity index (χ2v) is 7.55. The van der Waals surface area contributed by atoms with Crippen molar-refractivity contribution < 1.29 is 31.4 Å². The van der Waals surface area contributed by atoms with Gasteiger partial charge in [-0.05, 0) is 47.5 Å². The summed E-state index contributed by atoms with van der Waals surface area (Å²) in [6.07, 6.45) is -3.65. The van der Waals surface area contributed by atoms with Crippen LogP contribution >= 0.6 is 0 Å². The zero-order valence-corrected chi connectivity index (χ0v) is 16.9. The molecule has 0 N–H and O–H groups in total. The van der Waals surface area contributed by atoms with Crippen molar-refractivity contribution in [1.82, 2.24) is 0 Å². The van der Waals surface area contributed by atoms with E-state index in [4.69, 9.17) is 9.47 Å². The molecular weight excluding hydrogens is 439 g/mol. The molecule has 33 heavy (non-hydrogen) atoms. The third-order valence-corrected chi connectivity index (χ3v) is 5.44. The van der Waals surface area contributed by atoms with Crippen LogP contribution < -0.4 is 9.47 Å². The molecule has 0 amide bonds. The quantitative estimate of drug-likeness (QED) is 0.233. The number of ether oxygens (including phenoxy) is 2. The van der Waals surface area contributed by atoms with Crippen LogP contribution in [0.25, 0.3) is 11.1 Å². The summed E-state index contributed by atoms with van der Waals surface area (Å²) in [5.41, 5.74) is 0.951. The van der Waals surface area contributed by atoms with Crippen molar-refractivity contribution in [2.24, 2.45) is 0 Å². The molecule has 1 aliphatic rings. The fraction of sp³-hybridized carbons (Fsp3) is 0.0769. The van der Waals surface area contributed by atoms with Crippen LogP contribution in [0.3, 0.4) is 0 Å². The van der Waals surface area contributed by atoms with Crippen molar-refractivity contribution in [1.29, 1.82) is 0 Å². The first kappa shape index (κ1) is 21.0. The third-order valence-electron chi connectivity index (χ3n) is 5.44. The van der Waals surface area contributed by atoms with Gasteiger partial charge in [-0.2, -0.15) is 8.78 Å². The maximum Gasteiger partial charge on any atom is 0.409 e. The van der Waals surface area contributed by atoms with E-state index in [-0.39, 0.29) is 22.4 Å². The van der Waals surface area contributed by atoms with Crippen LogP contribution in [0.2, 0.25) is 0 Å². The summed E-state index contributed by atoms with van der Waals surface area (Å²) in [6, 6.07) is 20.0. The first-order valence-corrected chi connectivity index (χ1v) is 10.0. The lowest BCUT2D eigenvalue weighted by Crippen LogP contribution is -2.35. The van der Waals surface area contributed by atoms with Crippen molar-refractivity contribution in [3.05, 3.63) is 114 Å². The fourth-order valence-corrected chi connectivity index (χ4v) is 3.93. The standard InChI is InChI=1S/C26H15F5O2/c27-20-13-16(14-21(28)25(20)29)15-9-11-17(12-10-15)33-26(30,31)24-18-5-1-3-7-22(18)32-23-8-4-2-6-19(23)24/h1-14,24H. The van der Waals surface area contributed by atoms with Crippen molar-refractivity contribution in [2.45, 2.75) is 12.0 Å². The molecule has 4 aromatic carbocycles. The highest BCUT2D eigenvalue weighted by atomic mass is 19.3. The molecule has 0 saturated heterocycles. The summed E-state index contributed by atoms with van der Waals surface area (Å²) < 4.78 is 82.2. The topological polar surface area (TPSA) is 18.5 Å². The lowest BCUT2D eigenvalue weighted by atomic mass is 9.87. The molecule has 0 saturated carbocycles. The molecule has 1 aliphatic heterocycles.